The van der Waals surface area contributed by atoms with Crippen molar-refractivity contribution in [3.05, 3.63) is 206 Å². The monoisotopic (exact) mass is 1060 g/mol. The number of fused-ring (bicyclic) bond motifs is 4. The van der Waals surface area contributed by atoms with E-state index >= 15 is 0 Å². The number of benzene rings is 6. The van der Waals surface area contributed by atoms with Crippen molar-refractivity contribution in [2.24, 2.45) is 0 Å². The smallest absolute Gasteiger partial charge is 0.141 e. The molecule has 6 aromatic carbocycles. The van der Waals surface area contributed by atoms with Crippen LogP contribution in [0.4, 0.5) is 0 Å². The zero-order valence-electron chi connectivity index (χ0n) is 38.4. The number of hydrogen-bond donors (Lipinski definition) is 0. The van der Waals surface area contributed by atoms with Crippen LogP contribution < -0.4 is 5.19 Å². The van der Waals surface area contributed by atoms with Gasteiger partial charge in [0.2, 0.25) is 0 Å². The molecule has 0 saturated heterocycles. The van der Waals surface area contributed by atoms with E-state index in [2.05, 4.69) is 189 Å². The van der Waals surface area contributed by atoms with Gasteiger partial charge < -0.3 is 19.0 Å². The molecule has 0 saturated carbocycles. The first kappa shape index (κ1) is 45.1. The predicted molar refractivity (Wildman–Crippen MR) is 275 cm³/mol. The molecule has 11 rings (SSSR count). The van der Waals surface area contributed by atoms with Gasteiger partial charge in [0.25, 0.3) is 0 Å². The number of pyridine rings is 3. The third-order valence-corrected chi connectivity index (χ3v) is 14.2. The van der Waals surface area contributed by atoms with Gasteiger partial charge in [-0.2, -0.15) is 0 Å². The van der Waals surface area contributed by atoms with Gasteiger partial charge in [0.05, 0.1) is 36.3 Å². The van der Waals surface area contributed by atoms with Crippen LogP contribution in [0.5, 0.6) is 0 Å². The van der Waals surface area contributed by atoms with Crippen LogP contribution in [-0.4, -0.2) is 32.6 Å². The molecule has 0 amide bonds. The molecule has 0 atom stereocenters. The van der Waals surface area contributed by atoms with Crippen LogP contribution in [0, 0.1) is 19.2 Å². The summed E-state index contributed by atoms with van der Waals surface area (Å²) in [7, 11) is -1.25. The minimum absolute atomic E-state index is 0. The number of aryl methyl sites for hydroxylation is 1. The van der Waals surface area contributed by atoms with Crippen LogP contribution in [-0.2, 0) is 20.1 Å². The Bertz CT molecular complexity index is 3410. The summed E-state index contributed by atoms with van der Waals surface area (Å²) in [5.74, 6) is 1.29. The second-order valence-corrected chi connectivity index (χ2v) is 23.1. The zero-order chi connectivity index (χ0) is 45.4. The van der Waals surface area contributed by atoms with Crippen LogP contribution >= 0.6 is 0 Å². The molecule has 0 aliphatic carbocycles. The molecule has 0 fully saturated rings. The summed E-state index contributed by atoms with van der Waals surface area (Å²) in [6.07, 6.45) is 7.15. The molecule has 0 N–H and O–H groups in total. The van der Waals surface area contributed by atoms with Crippen LogP contribution in [0.2, 0.25) is 19.6 Å². The van der Waals surface area contributed by atoms with Gasteiger partial charge in [0.1, 0.15) is 11.3 Å². The number of hydrogen-bond acceptors (Lipinski definition) is 5. The molecular formula is C59H49IrN5OSi-2. The van der Waals surface area contributed by atoms with Gasteiger partial charge >= 0.3 is 0 Å². The largest absolute Gasteiger partial charge is 0.483 e. The summed E-state index contributed by atoms with van der Waals surface area (Å²) in [4.78, 5) is 19.3. The molecule has 331 valence electrons. The Kier molecular flexibility index (Phi) is 12.8. The number of aromatic nitrogens is 5. The van der Waals surface area contributed by atoms with Crippen molar-refractivity contribution in [3.63, 3.8) is 0 Å². The third-order valence-electron chi connectivity index (χ3n) is 12.2. The number of nitrogens with zero attached hydrogens (tertiary/aromatic N) is 5. The van der Waals surface area contributed by atoms with Crippen LogP contribution in [0.3, 0.4) is 0 Å². The van der Waals surface area contributed by atoms with Crippen molar-refractivity contribution in [2.45, 2.75) is 46.3 Å². The van der Waals surface area contributed by atoms with E-state index in [0.717, 1.165) is 94.8 Å². The Morgan fingerprint density at radius 1 is 0.627 bits per heavy atom. The van der Waals surface area contributed by atoms with E-state index in [-0.39, 0.29) is 20.1 Å². The van der Waals surface area contributed by atoms with E-state index in [9.17, 15) is 0 Å². The quantitative estimate of drug-likeness (QED) is 0.112. The van der Waals surface area contributed by atoms with Gasteiger partial charge in [0, 0.05) is 49.0 Å². The van der Waals surface area contributed by atoms with E-state index in [0.29, 0.717) is 11.6 Å². The molecule has 67 heavy (non-hydrogen) atoms. The van der Waals surface area contributed by atoms with Gasteiger partial charge in [0.15, 0.2) is 0 Å². The predicted octanol–water partition coefficient (Wildman–Crippen LogP) is 14.7. The van der Waals surface area contributed by atoms with Crippen LogP contribution in [0.15, 0.2) is 187 Å². The van der Waals surface area contributed by atoms with Gasteiger partial charge in [-0.3, -0.25) is 9.97 Å². The fourth-order valence-electron chi connectivity index (χ4n) is 8.56. The maximum atomic E-state index is 6.27. The van der Waals surface area contributed by atoms with Crippen LogP contribution in [0.25, 0.3) is 94.8 Å². The van der Waals surface area contributed by atoms with Crippen molar-refractivity contribution in [2.75, 3.05) is 0 Å². The van der Waals surface area contributed by atoms with Crippen LogP contribution in [0.1, 0.15) is 31.0 Å². The molecule has 6 nitrogen and oxygen atoms in total. The first-order valence-corrected chi connectivity index (χ1v) is 26.0. The molecule has 5 aromatic heterocycles. The maximum absolute atomic E-state index is 6.27. The minimum atomic E-state index is -1.25. The summed E-state index contributed by atoms with van der Waals surface area (Å²) in [6, 6.07) is 62.3. The van der Waals surface area contributed by atoms with Crippen molar-refractivity contribution in [3.8, 4) is 61.7 Å². The van der Waals surface area contributed by atoms with Crippen molar-refractivity contribution >= 4 is 46.4 Å². The summed E-state index contributed by atoms with van der Waals surface area (Å²) in [6.45, 7) is 13.5. The van der Waals surface area contributed by atoms with Gasteiger partial charge in [-0.1, -0.05) is 178 Å². The minimum Gasteiger partial charge on any atom is -0.483 e. The molecule has 0 aliphatic heterocycles. The van der Waals surface area contributed by atoms with Crippen molar-refractivity contribution in [1.29, 1.82) is 0 Å². The first-order chi connectivity index (χ1) is 32.1. The number of furan rings is 1. The second kappa shape index (κ2) is 19.0. The Morgan fingerprint density at radius 3 is 1.90 bits per heavy atom. The summed E-state index contributed by atoms with van der Waals surface area (Å²) >= 11 is 0. The van der Waals surface area contributed by atoms with Crippen molar-refractivity contribution in [1.82, 2.24) is 24.5 Å². The van der Waals surface area contributed by atoms with E-state index in [1.54, 1.807) is 0 Å². The Balaban J connectivity index is 0.000000237. The Morgan fingerprint density at radius 2 is 1.30 bits per heavy atom. The average Bonchev–Trinajstić information content (AvgIpc) is 3.93. The SMILES string of the molecule is CC(C)c1c[c-]c(-c2ccc([Si](C)(C)C)cn2)cc1.Cc1nccc2nc(-c3[c-]nc4oc5cc(-c6ccccc6)ccc5c4c3)n(-c3c(-c4ccccc4)cccc3-c3ccccc3)c12.[Ir]. The number of imidazole rings is 1. The van der Waals surface area contributed by atoms with Gasteiger partial charge in [-0.15, -0.1) is 41.5 Å². The molecule has 5 heterocycles. The fourth-order valence-corrected chi connectivity index (χ4v) is 9.59. The van der Waals surface area contributed by atoms with E-state index in [4.69, 9.17) is 19.4 Å². The Hall–Kier alpha value is -7.09. The second-order valence-electron chi connectivity index (χ2n) is 18.0. The summed E-state index contributed by atoms with van der Waals surface area (Å²) < 4.78 is 8.52. The molecule has 11 aromatic rings. The van der Waals surface area contributed by atoms with E-state index < -0.39 is 8.07 Å². The molecule has 8 heteroatoms. The normalized spacial score (nSPS) is 11.4. The average molecular weight is 1060 g/mol. The third kappa shape index (κ3) is 9.08. The number of para-hydroxylation sites is 1. The maximum Gasteiger partial charge on any atom is 0.141 e. The molecular weight excluding hydrogens is 1010 g/mol. The summed E-state index contributed by atoms with van der Waals surface area (Å²) in [5, 5.41) is 3.31. The molecule has 0 aliphatic rings. The van der Waals surface area contributed by atoms with Crippen molar-refractivity contribution < 1.29 is 24.5 Å². The molecule has 1 radical (unpaired) electrons. The van der Waals surface area contributed by atoms with Gasteiger partial charge in [-0.05, 0) is 63.8 Å². The standard InChI is InChI=1S/C42H27N4O.C17H22NSi.Ir/c1-27-39-37(22-23-43-27)45-41(32-24-36-35-21-20-31(28-12-5-2-6-13-28)25-38(35)47-42(36)44-26-32)46(39)40-33(29-14-7-3-8-15-29)18-11-19-34(40)30-16-9-4-10-17-30;1-13(2)14-6-8-15(9-7-14)17-11-10-16(12-18-17)19(3,4)5;/h2-25H,1H3;6-8,10-13H,1-5H3;/q2*-1;. The Labute approximate surface area is 406 Å². The first-order valence-electron chi connectivity index (χ1n) is 22.5. The summed E-state index contributed by atoms with van der Waals surface area (Å²) in [5.41, 5.74) is 15.9. The van der Waals surface area contributed by atoms with E-state index in [1.807, 2.05) is 55.7 Å². The zero-order valence-corrected chi connectivity index (χ0v) is 41.8. The number of rotatable bonds is 8. The van der Waals surface area contributed by atoms with E-state index in [1.165, 1.54) is 10.8 Å². The van der Waals surface area contributed by atoms with Gasteiger partial charge in [-0.25, -0.2) is 0 Å². The fraction of sp³-hybridized carbons (Fsp3) is 0.119. The topological polar surface area (TPSA) is 69.6 Å². The molecule has 0 spiro atoms. The molecule has 0 bridgehead atoms. The molecule has 0 unspecified atom stereocenters.